The molecule has 0 saturated heterocycles. The first kappa shape index (κ1) is 22.1. The molecule has 5 saturated carbocycles. The van der Waals surface area contributed by atoms with Crippen molar-refractivity contribution in [3.8, 4) is 0 Å². The molecule has 1 aromatic carbocycles. The minimum absolute atomic E-state index is 0.168. The summed E-state index contributed by atoms with van der Waals surface area (Å²) < 4.78 is 0. The van der Waals surface area contributed by atoms with Gasteiger partial charge >= 0.3 is 0 Å². The second-order valence-electron chi connectivity index (χ2n) is 11.0. The van der Waals surface area contributed by atoms with Gasteiger partial charge in [0.15, 0.2) is 0 Å². The SMILES string of the molecule is NCC1CCC(NC(=S)C23CC4CC(c5ccccc5)(CC(C2)C4NCCCl)C3)CC1. The van der Waals surface area contributed by atoms with Gasteiger partial charge in [-0.25, -0.2) is 0 Å². The number of alkyl halides is 1. The van der Waals surface area contributed by atoms with E-state index in [0.717, 1.165) is 13.1 Å². The van der Waals surface area contributed by atoms with Gasteiger partial charge in [-0.3, -0.25) is 0 Å². The van der Waals surface area contributed by atoms with Gasteiger partial charge in [0.25, 0.3) is 0 Å². The zero-order chi connectivity index (χ0) is 21.5. The summed E-state index contributed by atoms with van der Waals surface area (Å²) >= 11 is 12.3. The zero-order valence-electron chi connectivity index (χ0n) is 18.6. The fourth-order valence-corrected chi connectivity index (χ4v) is 8.49. The first-order valence-corrected chi connectivity index (χ1v) is 13.4. The summed E-state index contributed by atoms with van der Waals surface area (Å²) in [6.07, 6.45) is 11.2. The Morgan fingerprint density at radius 3 is 2.32 bits per heavy atom. The van der Waals surface area contributed by atoms with Crippen LogP contribution in [0.3, 0.4) is 0 Å². The number of rotatable bonds is 7. The lowest BCUT2D eigenvalue weighted by atomic mass is 9.41. The Labute approximate surface area is 198 Å². The number of thiocarbonyl (C=S) groups is 1. The highest BCUT2D eigenvalue weighted by atomic mass is 35.5. The quantitative estimate of drug-likeness (QED) is 0.406. The number of halogens is 1. The molecule has 0 aromatic heterocycles. The Balaban J connectivity index is 1.38. The first-order chi connectivity index (χ1) is 15.1. The van der Waals surface area contributed by atoms with Crippen molar-refractivity contribution in [1.29, 1.82) is 0 Å². The molecule has 2 unspecified atom stereocenters. The van der Waals surface area contributed by atoms with Crippen molar-refractivity contribution < 1.29 is 0 Å². The molecule has 0 aliphatic heterocycles. The van der Waals surface area contributed by atoms with Crippen LogP contribution in [-0.4, -0.2) is 36.0 Å². The van der Waals surface area contributed by atoms with Crippen molar-refractivity contribution in [2.24, 2.45) is 28.9 Å². The maximum Gasteiger partial charge on any atom is 0.0818 e. The molecule has 0 radical (unpaired) electrons. The van der Waals surface area contributed by atoms with Gasteiger partial charge in [-0.15, -0.1) is 11.6 Å². The average molecular weight is 460 g/mol. The van der Waals surface area contributed by atoms with E-state index in [1.54, 1.807) is 0 Å². The lowest BCUT2D eigenvalue weighted by Gasteiger charge is -2.65. The second kappa shape index (κ2) is 8.93. The molecule has 5 aliphatic rings. The van der Waals surface area contributed by atoms with Gasteiger partial charge in [0.1, 0.15) is 0 Å². The molecule has 4 N–H and O–H groups in total. The monoisotopic (exact) mass is 459 g/mol. The van der Waals surface area contributed by atoms with Crippen molar-refractivity contribution in [2.75, 3.05) is 19.0 Å². The van der Waals surface area contributed by atoms with Gasteiger partial charge in [0.05, 0.1) is 4.99 Å². The molecule has 0 heterocycles. The van der Waals surface area contributed by atoms with Crippen LogP contribution in [0.15, 0.2) is 30.3 Å². The number of nitrogens with one attached hydrogen (secondary N) is 2. The fourth-order valence-electron chi connectivity index (χ4n) is 7.98. The lowest BCUT2D eigenvalue weighted by Crippen LogP contribution is -2.66. The van der Waals surface area contributed by atoms with E-state index in [0.29, 0.717) is 35.7 Å². The molecule has 2 atom stereocenters. The molecule has 1 aromatic rings. The van der Waals surface area contributed by atoms with Crippen LogP contribution in [0.5, 0.6) is 0 Å². The van der Waals surface area contributed by atoms with Gasteiger partial charge in [0, 0.05) is 29.9 Å². The van der Waals surface area contributed by atoms with E-state index in [1.807, 2.05) is 0 Å². The predicted molar refractivity (Wildman–Crippen MR) is 134 cm³/mol. The Bertz CT molecular complexity index is 760. The third-order valence-corrected chi connectivity index (χ3v) is 9.90. The summed E-state index contributed by atoms with van der Waals surface area (Å²) in [6.45, 7) is 1.75. The zero-order valence-corrected chi connectivity index (χ0v) is 20.2. The van der Waals surface area contributed by atoms with Gasteiger partial charge in [-0.1, -0.05) is 42.5 Å². The summed E-state index contributed by atoms with van der Waals surface area (Å²) in [5.74, 6) is 2.78. The van der Waals surface area contributed by atoms with Crippen molar-refractivity contribution in [2.45, 2.75) is 75.3 Å². The molecule has 0 spiro atoms. The summed E-state index contributed by atoms with van der Waals surface area (Å²) in [7, 11) is 0. The van der Waals surface area contributed by atoms with Crippen LogP contribution in [0.2, 0.25) is 0 Å². The molecule has 0 amide bonds. The Morgan fingerprint density at radius 1 is 1.03 bits per heavy atom. The number of hydrogen-bond acceptors (Lipinski definition) is 3. The Morgan fingerprint density at radius 2 is 1.71 bits per heavy atom. The van der Waals surface area contributed by atoms with Crippen molar-refractivity contribution >= 4 is 28.8 Å². The molecule has 3 nitrogen and oxygen atoms in total. The summed E-state index contributed by atoms with van der Waals surface area (Å²) in [6, 6.07) is 12.5. The lowest BCUT2D eigenvalue weighted by molar-refractivity contribution is -0.0611. The maximum atomic E-state index is 6.23. The van der Waals surface area contributed by atoms with E-state index < -0.39 is 0 Å². The second-order valence-corrected chi connectivity index (χ2v) is 11.8. The van der Waals surface area contributed by atoms with E-state index >= 15 is 0 Å². The fraction of sp³-hybridized carbons (Fsp3) is 0.731. The highest BCUT2D eigenvalue weighted by Gasteiger charge is 2.62. The van der Waals surface area contributed by atoms with Crippen LogP contribution in [0.25, 0.3) is 0 Å². The summed E-state index contributed by atoms with van der Waals surface area (Å²) in [5, 5.41) is 7.72. The van der Waals surface area contributed by atoms with Crippen molar-refractivity contribution in [1.82, 2.24) is 10.6 Å². The van der Waals surface area contributed by atoms with Crippen molar-refractivity contribution in [3.63, 3.8) is 0 Å². The van der Waals surface area contributed by atoms with E-state index in [1.165, 1.54) is 68.3 Å². The van der Waals surface area contributed by atoms with Crippen LogP contribution in [0.4, 0.5) is 0 Å². The van der Waals surface area contributed by atoms with E-state index in [2.05, 4.69) is 41.0 Å². The molecular formula is C26H38ClN3S. The molecule has 4 bridgehead atoms. The largest absolute Gasteiger partial charge is 0.376 e. The van der Waals surface area contributed by atoms with Crippen LogP contribution < -0.4 is 16.4 Å². The highest BCUT2D eigenvalue weighted by molar-refractivity contribution is 7.80. The van der Waals surface area contributed by atoms with Gasteiger partial charge < -0.3 is 16.4 Å². The van der Waals surface area contributed by atoms with E-state index in [4.69, 9.17) is 29.6 Å². The average Bonchev–Trinajstić information content (AvgIpc) is 2.79. The minimum Gasteiger partial charge on any atom is -0.376 e. The first-order valence-electron chi connectivity index (χ1n) is 12.4. The molecule has 5 heteroatoms. The van der Waals surface area contributed by atoms with Crippen LogP contribution in [0.1, 0.15) is 63.4 Å². The molecular weight excluding hydrogens is 422 g/mol. The standard InChI is InChI=1S/C26H38ClN3S/c27-10-11-29-23-19-12-25(21-4-2-1-3-5-21)13-20(23)15-26(14-19,17-25)24(31)30-22-8-6-18(16-28)7-9-22/h1-5,18-20,22-23,29H,6-17,28H2,(H,30,31). The molecule has 31 heavy (non-hydrogen) atoms. The molecule has 5 aliphatic carbocycles. The Hall–Kier alpha value is -0.680. The number of hydrogen-bond donors (Lipinski definition) is 3. The maximum absolute atomic E-state index is 6.23. The van der Waals surface area contributed by atoms with Gasteiger partial charge in [-0.05, 0) is 93.1 Å². The predicted octanol–water partition coefficient (Wildman–Crippen LogP) is 4.77. The molecule has 5 fully saturated rings. The highest BCUT2D eigenvalue weighted by Crippen LogP contribution is 2.66. The normalized spacial score (nSPS) is 41.3. The smallest absolute Gasteiger partial charge is 0.0818 e. The van der Waals surface area contributed by atoms with Gasteiger partial charge in [-0.2, -0.15) is 0 Å². The Kier molecular flexibility index (Phi) is 6.37. The minimum atomic E-state index is 0.168. The van der Waals surface area contributed by atoms with E-state index in [-0.39, 0.29) is 10.8 Å². The van der Waals surface area contributed by atoms with Crippen LogP contribution >= 0.6 is 23.8 Å². The number of nitrogens with two attached hydrogens (primary N) is 1. The molecule has 170 valence electrons. The summed E-state index contributed by atoms with van der Waals surface area (Å²) in [4.78, 5) is 1.18. The van der Waals surface area contributed by atoms with Crippen LogP contribution in [-0.2, 0) is 5.41 Å². The molecule has 6 rings (SSSR count). The van der Waals surface area contributed by atoms with Gasteiger partial charge in [0.2, 0.25) is 0 Å². The number of benzene rings is 1. The third-order valence-electron chi connectivity index (χ3n) is 9.16. The van der Waals surface area contributed by atoms with Crippen molar-refractivity contribution in [3.05, 3.63) is 35.9 Å². The summed E-state index contributed by atoms with van der Waals surface area (Å²) in [5.41, 5.74) is 7.90. The third kappa shape index (κ3) is 4.07. The topological polar surface area (TPSA) is 50.1 Å². The van der Waals surface area contributed by atoms with Crippen LogP contribution in [0, 0.1) is 23.2 Å². The van der Waals surface area contributed by atoms with E-state index in [9.17, 15) is 0 Å².